The number of hydrogen-bond donors (Lipinski definition) is 0. The van der Waals surface area contributed by atoms with Crippen LogP contribution in [0.5, 0.6) is 0 Å². The van der Waals surface area contributed by atoms with E-state index in [1.807, 2.05) is 30.3 Å². The molecule has 12 heteroatoms. The maximum atomic E-state index is 14.3. The Morgan fingerprint density at radius 1 is 0.432 bits per heavy atom. The second kappa shape index (κ2) is 13.0. The van der Waals surface area contributed by atoms with Crippen molar-refractivity contribution in [1.82, 2.24) is 40.4 Å². The highest BCUT2D eigenvalue weighted by molar-refractivity contribution is 14.1. The molecule has 0 aliphatic heterocycles. The second-order valence-electron chi connectivity index (χ2n) is 9.24. The van der Waals surface area contributed by atoms with E-state index in [4.69, 9.17) is 0 Å². The van der Waals surface area contributed by atoms with Crippen molar-refractivity contribution in [2.24, 2.45) is 0 Å². The Bertz CT molecular complexity index is 2000. The van der Waals surface area contributed by atoms with Crippen LogP contribution in [0.2, 0.25) is 0 Å². The minimum Gasteiger partial charge on any atom is -0.206 e. The molecule has 0 saturated heterocycles. The Labute approximate surface area is 263 Å². The lowest BCUT2D eigenvalue weighted by Crippen LogP contribution is -2.03. The molecule has 0 N–H and O–H groups in total. The molecule has 0 saturated carbocycles. The highest BCUT2D eigenvalue weighted by Gasteiger charge is 2.19. The summed E-state index contributed by atoms with van der Waals surface area (Å²) < 4.78 is 46.0. The standard InChI is InChI=1S/C19H12F2N4.C13H8FIN4/c20-16-10-4-3-8-14(16)13-7-1-2-9-15(13)19-22-23-24-25(19)18-12-6-5-11-17(18)21;14-10-6-2-4-8-12(10)19-13(16-17-18-19)9-5-1-3-7-11(9)15/h1-12H;1-8H. The first-order valence-electron chi connectivity index (χ1n) is 13.2. The van der Waals surface area contributed by atoms with E-state index < -0.39 is 5.82 Å². The monoisotopic (exact) mass is 700 g/mol. The molecule has 216 valence electrons. The topological polar surface area (TPSA) is 87.2 Å². The van der Waals surface area contributed by atoms with E-state index in [0.717, 1.165) is 9.13 Å². The third-order valence-corrected chi connectivity index (χ3v) is 7.49. The predicted molar refractivity (Wildman–Crippen MR) is 167 cm³/mol. The third kappa shape index (κ3) is 5.83. The minimum atomic E-state index is -0.445. The summed E-state index contributed by atoms with van der Waals surface area (Å²) >= 11 is 2.20. The van der Waals surface area contributed by atoms with E-state index in [9.17, 15) is 13.2 Å². The molecule has 2 heterocycles. The lowest BCUT2D eigenvalue weighted by Gasteiger charge is -2.11. The first kappa shape index (κ1) is 28.9. The smallest absolute Gasteiger partial charge is 0.188 e. The van der Waals surface area contributed by atoms with Crippen LogP contribution in [-0.4, -0.2) is 40.4 Å². The van der Waals surface area contributed by atoms with Crippen molar-refractivity contribution in [2.45, 2.75) is 0 Å². The molecule has 44 heavy (non-hydrogen) atoms. The van der Waals surface area contributed by atoms with Crippen LogP contribution in [0.4, 0.5) is 13.2 Å². The Morgan fingerprint density at radius 3 is 1.36 bits per heavy atom. The van der Waals surface area contributed by atoms with Crippen LogP contribution in [0.15, 0.2) is 121 Å². The van der Waals surface area contributed by atoms with Crippen molar-refractivity contribution in [3.05, 3.63) is 142 Å². The summed E-state index contributed by atoms with van der Waals surface area (Å²) in [5.74, 6) is -0.291. The molecule has 8 nitrogen and oxygen atoms in total. The van der Waals surface area contributed by atoms with Crippen LogP contribution < -0.4 is 0 Å². The number of halogens is 4. The van der Waals surface area contributed by atoms with Crippen LogP contribution in [0.3, 0.4) is 0 Å². The Morgan fingerprint density at radius 2 is 0.841 bits per heavy atom. The van der Waals surface area contributed by atoms with Crippen LogP contribution in [-0.2, 0) is 0 Å². The largest absolute Gasteiger partial charge is 0.206 e. The molecule has 0 atom stereocenters. The van der Waals surface area contributed by atoms with Gasteiger partial charge in [0.2, 0.25) is 0 Å². The molecule has 7 rings (SSSR count). The van der Waals surface area contributed by atoms with Gasteiger partial charge in [0.25, 0.3) is 0 Å². The molecule has 0 aliphatic carbocycles. The molecular weight excluding hydrogens is 680 g/mol. The Kier molecular flexibility index (Phi) is 8.50. The Balaban J connectivity index is 0.000000162. The summed E-state index contributed by atoms with van der Waals surface area (Å²) in [6.45, 7) is 0. The first-order chi connectivity index (χ1) is 21.5. The molecule has 0 radical (unpaired) electrons. The fourth-order valence-electron chi connectivity index (χ4n) is 4.52. The number of nitrogens with zero attached hydrogens (tertiary/aromatic N) is 8. The summed E-state index contributed by atoms with van der Waals surface area (Å²) in [6.07, 6.45) is 0. The van der Waals surface area contributed by atoms with Gasteiger partial charge in [-0.1, -0.05) is 84.9 Å². The highest BCUT2D eigenvalue weighted by atomic mass is 127. The maximum absolute atomic E-state index is 14.3. The van der Waals surface area contributed by atoms with Gasteiger partial charge >= 0.3 is 0 Å². The zero-order valence-electron chi connectivity index (χ0n) is 22.6. The average Bonchev–Trinajstić information content (AvgIpc) is 3.73. The van der Waals surface area contributed by atoms with E-state index in [0.29, 0.717) is 34.0 Å². The molecule has 0 aliphatic rings. The molecule has 0 bridgehead atoms. The SMILES string of the molecule is Fc1ccccc1-c1ccccc1-c1nnnn1-c1ccccc1F.Fc1ccccc1-n1nnnc1-c1ccccc1I. The van der Waals surface area contributed by atoms with Crippen LogP contribution in [0.1, 0.15) is 0 Å². The van der Waals surface area contributed by atoms with Gasteiger partial charge in [0.15, 0.2) is 11.6 Å². The van der Waals surface area contributed by atoms with E-state index >= 15 is 0 Å². The van der Waals surface area contributed by atoms with Gasteiger partial charge in [0, 0.05) is 20.3 Å². The minimum absolute atomic E-state index is 0.228. The summed E-state index contributed by atoms with van der Waals surface area (Å²) in [5.41, 5.74) is 3.11. The molecule has 0 amide bonds. The molecule has 7 aromatic rings. The number of hydrogen-bond acceptors (Lipinski definition) is 6. The lowest BCUT2D eigenvalue weighted by molar-refractivity contribution is 0.607. The zero-order chi connectivity index (χ0) is 30.5. The van der Waals surface area contributed by atoms with Gasteiger partial charge in [-0.15, -0.1) is 10.2 Å². The van der Waals surface area contributed by atoms with Gasteiger partial charge in [-0.05, 0) is 85.4 Å². The summed E-state index contributed by atoms with van der Waals surface area (Å²) in [6, 6.07) is 34.0. The zero-order valence-corrected chi connectivity index (χ0v) is 24.8. The van der Waals surface area contributed by atoms with Crippen LogP contribution >= 0.6 is 22.6 Å². The fourth-order valence-corrected chi connectivity index (χ4v) is 5.15. The molecule has 2 aromatic heterocycles. The lowest BCUT2D eigenvalue weighted by atomic mass is 9.98. The van der Waals surface area contributed by atoms with Gasteiger partial charge in [0.05, 0.1) is 0 Å². The van der Waals surface area contributed by atoms with Crippen molar-refractivity contribution >= 4 is 22.6 Å². The summed E-state index contributed by atoms with van der Waals surface area (Å²) in [7, 11) is 0. The molecule has 0 unspecified atom stereocenters. The second-order valence-corrected chi connectivity index (χ2v) is 10.4. The molecule has 0 fully saturated rings. The van der Waals surface area contributed by atoms with Crippen LogP contribution in [0.25, 0.3) is 45.3 Å². The number of rotatable bonds is 5. The first-order valence-corrected chi connectivity index (χ1v) is 14.3. The number of aromatic nitrogens is 8. The van der Waals surface area contributed by atoms with Gasteiger partial charge in [-0.25, -0.2) is 13.2 Å². The summed E-state index contributed by atoms with van der Waals surface area (Å²) in [4.78, 5) is 0. The van der Waals surface area contributed by atoms with Gasteiger partial charge in [0.1, 0.15) is 28.8 Å². The predicted octanol–water partition coefficient (Wildman–Crippen LogP) is 7.35. The maximum Gasteiger partial charge on any atom is 0.188 e. The Hall–Kier alpha value is -5.24. The number of benzene rings is 5. The van der Waals surface area contributed by atoms with Crippen molar-refractivity contribution in [2.75, 3.05) is 0 Å². The number of para-hydroxylation sites is 2. The average molecular weight is 700 g/mol. The van der Waals surface area contributed by atoms with Crippen molar-refractivity contribution in [3.8, 4) is 45.3 Å². The van der Waals surface area contributed by atoms with Crippen LogP contribution in [0, 0.1) is 21.0 Å². The molecular formula is C32H20F3IN8. The quantitative estimate of drug-likeness (QED) is 0.175. The number of tetrazole rings is 2. The van der Waals surface area contributed by atoms with E-state index in [-0.39, 0.29) is 17.3 Å². The van der Waals surface area contributed by atoms with Gasteiger partial charge < -0.3 is 0 Å². The fraction of sp³-hybridized carbons (Fsp3) is 0. The van der Waals surface area contributed by atoms with E-state index in [1.54, 1.807) is 72.8 Å². The van der Waals surface area contributed by atoms with Crippen molar-refractivity contribution in [3.63, 3.8) is 0 Å². The summed E-state index contributed by atoms with van der Waals surface area (Å²) in [5, 5.41) is 23.1. The van der Waals surface area contributed by atoms with Crippen molar-refractivity contribution in [1.29, 1.82) is 0 Å². The van der Waals surface area contributed by atoms with Gasteiger partial charge in [-0.2, -0.15) is 9.36 Å². The molecule has 5 aromatic carbocycles. The normalized spacial score (nSPS) is 10.7. The third-order valence-electron chi connectivity index (χ3n) is 6.55. The van der Waals surface area contributed by atoms with Gasteiger partial charge in [-0.3, -0.25) is 0 Å². The van der Waals surface area contributed by atoms with E-state index in [2.05, 4.69) is 53.6 Å². The molecule has 0 spiro atoms. The van der Waals surface area contributed by atoms with Crippen molar-refractivity contribution < 1.29 is 13.2 Å². The highest BCUT2D eigenvalue weighted by Crippen LogP contribution is 2.33. The van der Waals surface area contributed by atoms with E-state index in [1.165, 1.54) is 27.6 Å².